The van der Waals surface area contributed by atoms with Crippen LogP contribution in [0.5, 0.6) is 5.75 Å². The van der Waals surface area contributed by atoms with Crippen LogP contribution in [-0.2, 0) is 11.2 Å². The highest BCUT2D eigenvalue weighted by atomic mass is 16.5. The minimum absolute atomic E-state index is 0.0639. The Morgan fingerprint density at radius 1 is 1.00 bits per heavy atom. The number of hydrogen-bond donors (Lipinski definition) is 4. The number of ether oxygens (including phenoxy) is 1. The molecule has 0 saturated carbocycles. The number of hydrogen-bond acceptors (Lipinski definition) is 5. The van der Waals surface area contributed by atoms with Crippen LogP contribution in [0.2, 0.25) is 0 Å². The molecule has 0 aliphatic rings. The van der Waals surface area contributed by atoms with E-state index in [-0.39, 0.29) is 34.8 Å². The van der Waals surface area contributed by atoms with Gasteiger partial charge in [0.15, 0.2) is 0 Å². The van der Waals surface area contributed by atoms with Gasteiger partial charge in [-0.05, 0) is 55.0 Å². The highest BCUT2D eigenvalue weighted by Gasteiger charge is 2.17. The van der Waals surface area contributed by atoms with E-state index < -0.39 is 11.9 Å². The van der Waals surface area contributed by atoms with Crippen LogP contribution in [0, 0.1) is 11.3 Å². The van der Waals surface area contributed by atoms with Crippen molar-refractivity contribution in [1.82, 2.24) is 4.98 Å². The standard InChI is InChI=1S/C27H22N4O5/c1-2-36-19-9-6-16(7-10-19)13-24(32)29-22-5-3-4-18-14-23(30-25(18)22)26(33)31-21-11-8-17(15-28)12-20(21)27(34)35/h3-12,14,30H,2,13H2,1H3,(H,29,32)(H,31,33)(H,34,35). The number of carboxylic acids is 1. The molecule has 9 heteroatoms. The molecular formula is C27H22N4O5. The molecule has 1 aromatic heterocycles. The van der Waals surface area contributed by atoms with E-state index in [0.717, 1.165) is 11.3 Å². The van der Waals surface area contributed by atoms with Crippen molar-refractivity contribution < 1.29 is 24.2 Å². The highest BCUT2D eigenvalue weighted by molar-refractivity contribution is 6.10. The molecule has 180 valence electrons. The first-order valence-corrected chi connectivity index (χ1v) is 11.1. The molecule has 0 spiro atoms. The number of carbonyl (C=O) groups is 3. The van der Waals surface area contributed by atoms with Gasteiger partial charge in [0.2, 0.25) is 5.91 Å². The molecule has 0 unspecified atom stereocenters. The van der Waals surface area contributed by atoms with Gasteiger partial charge in [0.1, 0.15) is 11.4 Å². The molecule has 3 aromatic carbocycles. The number of aromatic nitrogens is 1. The van der Waals surface area contributed by atoms with E-state index in [2.05, 4.69) is 15.6 Å². The molecule has 0 aliphatic carbocycles. The number of para-hydroxylation sites is 1. The molecule has 0 atom stereocenters. The average molecular weight is 482 g/mol. The molecule has 0 aliphatic heterocycles. The number of aromatic carboxylic acids is 1. The Balaban J connectivity index is 1.51. The van der Waals surface area contributed by atoms with E-state index in [1.54, 1.807) is 24.3 Å². The zero-order valence-corrected chi connectivity index (χ0v) is 19.3. The molecule has 0 radical (unpaired) electrons. The van der Waals surface area contributed by atoms with Gasteiger partial charge in [0, 0.05) is 5.39 Å². The Morgan fingerprint density at radius 2 is 1.78 bits per heavy atom. The van der Waals surface area contributed by atoms with Gasteiger partial charge in [0.25, 0.3) is 5.91 Å². The number of nitriles is 1. The van der Waals surface area contributed by atoms with Gasteiger partial charge in [-0.15, -0.1) is 0 Å². The molecule has 9 nitrogen and oxygen atoms in total. The number of amides is 2. The van der Waals surface area contributed by atoms with Gasteiger partial charge >= 0.3 is 5.97 Å². The molecule has 0 bridgehead atoms. The normalized spacial score (nSPS) is 10.4. The van der Waals surface area contributed by atoms with Crippen LogP contribution in [0.3, 0.4) is 0 Å². The van der Waals surface area contributed by atoms with Crippen LogP contribution in [0.25, 0.3) is 10.9 Å². The van der Waals surface area contributed by atoms with Crippen LogP contribution in [0.15, 0.2) is 66.7 Å². The summed E-state index contributed by atoms with van der Waals surface area (Å²) in [6.07, 6.45) is 0.160. The van der Waals surface area contributed by atoms with E-state index >= 15 is 0 Å². The summed E-state index contributed by atoms with van der Waals surface area (Å²) in [6.45, 7) is 2.46. The summed E-state index contributed by atoms with van der Waals surface area (Å²) >= 11 is 0. The van der Waals surface area contributed by atoms with Crippen molar-refractivity contribution in [2.24, 2.45) is 0 Å². The molecule has 4 rings (SSSR count). The number of carbonyl (C=O) groups excluding carboxylic acids is 2. The fraction of sp³-hybridized carbons (Fsp3) is 0.111. The monoisotopic (exact) mass is 482 g/mol. The Bertz CT molecular complexity index is 1500. The van der Waals surface area contributed by atoms with Crippen molar-refractivity contribution in [3.63, 3.8) is 0 Å². The minimum Gasteiger partial charge on any atom is -0.494 e. The number of fused-ring (bicyclic) bond motifs is 1. The number of carboxylic acid groups (broad SMARTS) is 1. The molecule has 2 amide bonds. The van der Waals surface area contributed by atoms with Crippen molar-refractivity contribution in [2.45, 2.75) is 13.3 Å². The molecule has 4 aromatic rings. The first-order chi connectivity index (χ1) is 17.4. The smallest absolute Gasteiger partial charge is 0.337 e. The second-order valence-corrected chi connectivity index (χ2v) is 7.89. The Hall–Kier alpha value is -5.10. The predicted octanol–water partition coefficient (Wildman–Crippen LogP) is 4.57. The number of H-pyrrole nitrogens is 1. The zero-order valence-electron chi connectivity index (χ0n) is 19.3. The summed E-state index contributed by atoms with van der Waals surface area (Å²) in [5, 5.41) is 24.6. The third-order valence-corrected chi connectivity index (χ3v) is 5.40. The van der Waals surface area contributed by atoms with Crippen LogP contribution in [0.1, 0.15) is 38.9 Å². The Morgan fingerprint density at radius 3 is 2.47 bits per heavy atom. The number of aromatic amines is 1. The third kappa shape index (κ3) is 5.34. The topological polar surface area (TPSA) is 144 Å². The summed E-state index contributed by atoms with van der Waals surface area (Å²) in [5.74, 6) is -1.32. The van der Waals surface area contributed by atoms with E-state index in [0.29, 0.717) is 23.2 Å². The average Bonchev–Trinajstić information content (AvgIpc) is 3.31. The van der Waals surface area contributed by atoms with Gasteiger partial charge < -0.3 is 25.5 Å². The summed E-state index contributed by atoms with van der Waals surface area (Å²) in [5.41, 5.74) is 2.11. The fourth-order valence-electron chi connectivity index (χ4n) is 3.72. The second kappa shape index (κ2) is 10.4. The van der Waals surface area contributed by atoms with Crippen LogP contribution in [0.4, 0.5) is 11.4 Å². The summed E-state index contributed by atoms with van der Waals surface area (Å²) in [4.78, 5) is 40.1. The first-order valence-electron chi connectivity index (χ1n) is 11.1. The highest BCUT2D eigenvalue weighted by Crippen LogP contribution is 2.25. The predicted molar refractivity (Wildman–Crippen MR) is 134 cm³/mol. The minimum atomic E-state index is -1.27. The molecule has 4 N–H and O–H groups in total. The van der Waals surface area contributed by atoms with E-state index in [9.17, 15) is 19.5 Å². The van der Waals surface area contributed by atoms with Gasteiger partial charge in [-0.25, -0.2) is 4.79 Å². The second-order valence-electron chi connectivity index (χ2n) is 7.89. The van der Waals surface area contributed by atoms with Gasteiger partial charge in [0.05, 0.1) is 47.1 Å². The lowest BCUT2D eigenvalue weighted by Crippen LogP contribution is -2.16. The lowest BCUT2D eigenvalue weighted by molar-refractivity contribution is -0.115. The summed E-state index contributed by atoms with van der Waals surface area (Å²) in [7, 11) is 0. The maximum atomic E-state index is 12.9. The first kappa shape index (κ1) is 24.0. The number of nitrogens with zero attached hydrogens (tertiary/aromatic N) is 1. The van der Waals surface area contributed by atoms with E-state index in [1.165, 1.54) is 18.2 Å². The van der Waals surface area contributed by atoms with Crippen molar-refractivity contribution in [3.8, 4) is 11.8 Å². The van der Waals surface area contributed by atoms with Crippen molar-refractivity contribution in [3.05, 3.63) is 89.1 Å². The molecule has 0 fully saturated rings. The third-order valence-electron chi connectivity index (χ3n) is 5.40. The maximum Gasteiger partial charge on any atom is 0.337 e. The lowest BCUT2D eigenvalue weighted by atomic mass is 10.1. The van der Waals surface area contributed by atoms with E-state index in [4.69, 9.17) is 10.00 Å². The number of rotatable bonds is 8. The molecule has 36 heavy (non-hydrogen) atoms. The van der Waals surface area contributed by atoms with Gasteiger partial charge in [-0.1, -0.05) is 24.3 Å². The molecule has 1 heterocycles. The van der Waals surface area contributed by atoms with E-state index in [1.807, 2.05) is 37.3 Å². The van der Waals surface area contributed by atoms with Crippen molar-refractivity contribution in [2.75, 3.05) is 17.2 Å². The van der Waals surface area contributed by atoms with Gasteiger partial charge in [-0.3, -0.25) is 9.59 Å². The van der Waals surface area contributed by atoms with Crippen LogP contribution >= 0.6 is 0 Å². The zero-order chi connectivity index (χ0) is 25.7. The Labute approximate surface area is 206 Å². The summed E-state index contributed by atoms with van der Waals surface area (Å²) < 4.78 is 5.42. The summed E-state index contributed by atoms with van der Waals surface area (Å²) in [6, 6.07) is 20.0. The van der Waals surface area contributed by atoms with Gasteiger partial charge in [-0.2, -0.15) is 5.26 Å². The largest absolute Gasteiger partial charge is 0.494 e. The van der Waals surface area contributed by atoms with Crippen molar-refractivity contribution >= 4 is 40.1 Å². The number of benzene rings is 3. The van der Waals surface area contributed by atoms with Crippen LogP contribution in [-0.4, -0.2) is 34.5 Å². The SMILES string of the molecule is CCOc1ccc(CC(=O)Nc2cccc3cc(C(=O)Nc4ccc(C#N)cc4C(=O)O)[nH]c23)cc1. The fourth-order valence-corrected chi connectivity index (χ4v) is 3.72. The quantitative estimate of drug-likeness (QED) is 0.290. The Kier molecular flexibility index (Phi) is 6.97. The molecular weight excluding hydrogens is 460 g/mol. The maximum absolute atomic E-state index is 12.9. The number of nitrogens with one attached hydrogen (secondary N) is 3. The lowest BCUT2D eigenvalue weighted by Gasteiger charge is -2.08. The number of anilines is 2. The van der Waals surface area contributed by atoms with Crippen molar-refractivity contribution in [1.29, 1.82) is 5.26 Å². The molecule has 0 saturated heterocycles. The van der Waals surface area contributed by atoms with Crippen LogP contribution < -0.4 is 15.4 Å².